The monoisotopic (exact) mass is 974 g/mol. The van der Waals surface area contributed by atoms with Crippen LogP contribution in [0.1, 0.15) is 108 Å². The van der Waals surface area contributed by atoms with Crippen molar-refractivity contribution in [3.8, 4) is 17.2 Å². The summed E-state index contributed by atoms with van der Waals surface area (Å²) in [6.45, 7) is 9.91. The fraction of sp³-hybridized carbons (Fsp3) is 0.351. The summed E-state index contributed by atoms with van der Waals surface area (Å²) >= 11 is 0. The number of Topliss-reactive ketones (excluding diaryl/α,β-unsaturated/α-hetero) is 2. The van der Waals surface area contributed by atoms with Gasteiger partial charge < -0.3 is 39.9 Å². The van der Waals surface area contributed by atoms with Crippen LogP contribution in [0.15, 0.2) is 96.0 Å². The molecule has 0 bridgehead atoms. The third kappa shape index (κ3) is 11.5. The Bertz CT molecular complexity index is 2950. The van der Waals surface area contributed by atoms with Crippen LogP contribution in [-0.2, 0) is 45.2 Å². The smallest absolute Gasteiger partial charge is 0.261 e. The highest BCUT2D eigenvalue weighted by Crippen LogP contribution is 2.41. The second kappa shape index (κ2) is 22.5. The molecular formula is C57H62N6O9. The van der Waals surface area contributed by atoms with Crippen molar-refractivity contribution in [2.24, 2.45) is 10.9 Å². The Hall–Kier alpha value is -7.81. The van der Waals surface area contributed by atoms with E-state index >= 15 is 0 Å². The first-order valence-electron chi connectivity index (χ1n) is 24.7. The quantitative estimate of drug-likeness (QED) is 0.0599. The van der Waals surface area contributed by atoms with Crippen molar-refractivity contribution in [3.05, 3.63) is 130 Å². The van der Waals surface area contributed by atoms with Crippen molar-refractivity contribution in [1.29, 1.82) is 0 Å². The molecule has 0 radical (unpaired) electrons. The maximum Gasteiger partial charge on any atom is 0.261 e. The molecule has 0 spiro atoms. The van der Waals surface area contributed by atoms with Gasteiger partial charge in [-0.25, -0.2) is 0 Å². The van der Waals surface area contributed by atoms with E-state index in [1.807, 2.05) is 79.4 Å². The summed E-state index contributed by atoms with van der Waals surface area (Å²) in [5, 5.41) is 9.07. The molecule has 0 aliphatic carbocycles. The second-order valence-corrected chi connectivity index (χ2v) is 18.8. The van der Waals surface area contributed by atoms with E-state index in [2.05, 4.69) is 22.0 Å². The number of aryl methyl sites for hydroxylation is 1. The van der Waals surface area contributed by atoms with Crippen LogP contribution >= 0.6 is 0 Å². The number of carbonyl (C=O) groups excluding carboxylic acids is 6. The van der Waals surface area contributed by atoms with Gasteiger partial charge in [-0.05, 0) is 117 Å². The van der Waals surface area contributed by atoms with E-state index in [4.69, 9.17) is 19.2 Å². The lowest BCUT2D eigenvalue weighted by atomic mass is 9.99. The summed E-state index contributed by atoms with van der Waals surface area (Å²) in [6.07, 6.45) is 4.87. The number of amides is 4. The predicted molar refractivity (Wildman–Crippen MR) is 278 cm³/mol. The Morgan fingerprint density at radius 3 is 2.24 bits per heavy atom. The number of unbranched alkanes of at least 4 members (excludes halogenated alkanes) is 1. The molecule has 0 fully saturated rings. The van der Waals surface area contributed by atoms with Crippen molar-refractivity contribution in [2.75, 3.05) is 40.6 Å². The molecule has 3 heterocycles. The van der Waals surface area contributed by atoms with Gasteiger partial charge in [0, 0.05) is 80.1 Å². The van der Waals surface area contributed by atoms with Crippen LogP contribution in [0, 0.1) is 12.8 Å². The van der Waals surface area contributed by atoms with E-state index in [9.17, 15) is 28.8 Å². The number of ketones is 2. The Kier molecular flexibility index (Phi) is 15.8. The van der Waals surface area contributed by atoms with E-state index < -0.39 is 17.9 Å². The maximum absolute atomic E-state index is 14.1. The highest BCUT2D eigenvalue weighted by Gasteiger charge is 2.37. The molecule has 5 aromatic carbocycles. The summed E-state index contributed by atoms with van der Waals surface area (Å²) in [7, 11) is 1.51. The summed E-state index contributed by atoms with van der Waals surface area (Å²) in [6, 6.07) is 27.3. The molecule has 3 aliphatic heterocycles. The molecule has 72 heavy (non-hydrogen) atoms. The number of para-hydroxylation sites is 2. The number of anilines is 4. The minimum Gasteiger partial charge on any atom is -0.493 e. The number of nitrogens with zero attached hydrogens (tertiary/aromatic N) is 3. The van der Waals surface area contributed by atoms with E-state index in [0.717, 1.165) is 34.5 Å². The first-order chi connectivity index (χ1) is 34.7. The van der Waals surface area contributed by atoms with Crippen LogP contribution in [0.4, 0.5) is 28.4 Å². The normalized spacial score (nSPS) is 15.0. The van der Waals surface area contributed by atoms with Crippen LogP contribution in [0.25, 0.3) is 0 Å². The molecule has 0 saturated heterocycles. The number of fused-ring (bicyclic) bond motifs is 5. The Balaban J connectivity index is 1.01. The van der Waals surface area contributed by atoms with Gasteiger partial charge in [-0.15, -0.1) is 0 Å². The van der Waals surface area contributed by atoms with Gasteiger partial charge in [0.1, 0.15) is 24.7 Å². The van der Waals surface area contributed by atoms with Crippen LogP contribution in [0.5, 0.6) is 17.2 Å². The maximum atomic E-state index is 14.1. The van der Waals surface area contributed by atoms with Crippen LogP contribution in [0.3, 0.4) is 0 Å². The van der Waals surface area contributed by atoms with E-state index in [1.54, 1.807) is 49.2 Å². The second-order valence-electron chi connectivity index (χ2n) is 18.8. The number of benzene rings is 5. The number of rotatable bonds is 21. The molecule has 3 N–H and O–H groups in total. The van der Waals surface area contributed by atoms with Gasteiger partial charge in [0.15, 0.2) is 17.3 Å². The zero-order chi connectivity index (χ0) is 51.1. The van der Waals surface area contributed by atoms with Gasteiger partial charge in [-0.1, -0.05) is 43.3 Å². The molecular weight excluding hydrogens is 913 g/mol. The van der Waals surface area contributed by atoms with E-state index in [-0.39, 0.29) is 61.4 Å². The minimum absolute atomic E-state index is 0.0195. The third-order valence-corrected chi connectivity index (χ3v) is 13.3. The zero-order valence-corrected chi connectivity index (χ0v) is 41.8. The molecule has 15 heteroatoms. The predicted octanol–water partition coefficient (Wildman–Crippen LogP) is 9.27. The topological polar surface area (TPSA) is 185 Å². The lowest BCUT2D eigenvalue weighted by molar-refractivity contribution is -0.129. The number of hydrogen-bond acceptors (Lipinski definition) is 11. The van der Waals surface area contributed by atoms with Crippen molar-refractivity contribution in [1.82, 2.24) is 5.32 Å². The van der Waals surface area contributed by atoms with Crippen molar-refractivity contribution >= 4 is 69.8 Å². The van der Waals surface area contributed by atoms with Gasteiger partial charge in [0.2, 0.25) is 11.8 Å². The molecule has 4 amide bonds. The van der Waals surface area contributed by atoms with Gasteiger partial charge in [-0.3, -0.25) is 33.9 Å². The van der Waals surface area contributed by atoms with Gasteiger partial charge in [0.25, 0.3) is 11.8 Å². The van der Waals surface area contributed by atoms with E-state index in [0.29, 0.717) is 95.3 Å². The standard InChI is InChI=1S/C57H62N6O9/c1-7-58-46-29-51(34(2)22-44(46)56(68)62-21-20-40-15-9-11-17-48(40)62)71-32-38-24-39(26-42(25-38)61-55(67)35(3)23-50(65)37(5)60-54(66)19-13-8-14-36(4)64)33-72-53-30-47-45(28-52(53)70-6)57(69)63-43(31-59-47)27-41-16-10-12-18-49(41)63/h9-12,15-18,22,24-26,28-31,35,37,43,58H,7-8,13-14,19-21,23,27,32-33H2,1-6H3,(H,60,66)(H,61,67)/t35-,37+,43+/m1/s1. The SMILES string of the molecule is CCNc1cc(OCc2cc(COc3cc4c(cc3OC)C(=O)N3c5ccccc5C[C@H]3C=N4)cc(NC(=O)[C@H](C)CC(=O)[C@H](C)NC(=O)CCCCC(C)=O)c2)c(C)cc1C(=O)N1CCc2ccccc21. The third-order valence-electron chi connectivity index (χ3n) is 13.3. The van der Waals surface area contributed by atoms with Gasteiger partial charge in [0.05, 0.1) is 41.7 Å². The number of hydrogen-bond donors (Lipinski definition) is 3. The Morgan fingerprint density at radius 2 is 1.51 bits per heavy atom. The molecule has 0 saturated carbocycles. The lowest BCUT2D eigenvalue weighted by Crippen LogP contribution is -2.39. The summed E-state index contributed by atoms with van der Waals surface area (Å²) in [4.78, 5) is 87.2. The Morgan fingerprint density at radius 1 is 0.819 bits per heavy atom. The minimum atomic E-state index is -0.798. The first kappa shape index (κ1) is 50.6. The van der Waals surface area contributed by atoms with Crippen LogP contribution in [-0.4, -0.2) is 73.7 Å². The number of methoxy groups -OCH3 is 1. The van der Waals surface area contributed by atoms with Crippen LogP contribution in [0.2, 0.25) is 0 Å². The zero-order valence-electron chi connectivity index (χ0n) is 41.8. The molecule has 5 aromatic rings. The molecule has 0 unspecified atom stereocenters. The highest BCUT2D eigenvalue weighted by molar-refractivity contribution is 6.15. The molecule has 8 rings (SSSR count). The molecule has 3 aliphatic rings. The molecule has 374 valence electrons. The summed E-state index contributed by atoms with van der Waals surface area (Å²) in [5.74, 6) is -0.670. The fourth-order valence-corrected chi connectivity index (χ4v) is 9.45. The van der Waals surface area contributed by atoms with Gasteiger partial charge in [-0.2, -0.15) is 0 Å². The Labute approximate surface area is 420 Å². The average molecular weight is 975 g/mol. The lowest BCUT2D eigenvalue weighted by Gasteiger charge is -2.22. The molecule has 15 nitrogen and oxygen atoms in total. The summed E-state index contributed by atoms with van der Waals surface area (Å²) in [5.41, 5.74) is 8.58. The number of nitrogens with one attached hydrogen (secondary N) is 3. The highest BCUT2D eigenvalue weighted by atomic mass is 16.5. The van der Waals surface area contributed by atoms with E-state index in [1.165, 1.54) is 14.0 Å². The number of carbonyl (C=O) groups is 6. The van der Waals surface area contributed by atoms with Crippen LogP contribution < -0.4 is 40.0 Å². The fourth-order valence-electron chi connectivity index (χ4n) is 9.45. The largest absolute Gasteiger partial charge is 0.493 e. The molecule has 0 aromatic heterocycles. The number of aliphatic imine (C=N–C) groups is 1. The average Bonchev–Trinajstić information content (AvgIpc) is 3.94. The first-order valence-corrected chi connectivity index (χ1v) is 24.7. The van der Waals surface area contributed by atoms with Crippen molar-refractivity contribution in [2.45, 2.75) is 105 Å². The summed E-state index contributed by atoms with van der Waals surface area (Å²) < 4.78 is 18.7. The van der Waals surface area contributed by atoms with Gasteiger partial charge >= 0.3 is 0 Å². The van der Waals surface area contributed by atoms with Crippen molar-refractivity contribution in [3.63, 3.8) is 0 Å². The van der Waals surface area contributed by atoms with Crippen molar-refractivity contribution < 1.29 is 43.0 Å². The number of ether oxygens (including phenoxy) is 3. The molecule has 3 atom stereocenters.